The second-order valence-electron chi connectivity index (χ2n) is 4.26. The highest BCUT2D eigenvalue weighted by atomic mass is 35.5. The van der Waals surface area contributed by atoms with Crippen molar-refractivity contribution in [2.24, 2.45) is 5.92 Å². The van der Waals surface area contributed by atoms with Gasteiger partial charge in [0, 0.05) is 16.8 Å². The minimum absolute atomic E-state index is 0.662. The van der Waals surface area contributed by atoms with E-state index in [0.717, 1.165) is 10.9 Å². The Morgan fingerprint density at radius 2 is 2.14 bits per heavy atom. The molecule has 1 aliphatic carbocycles. The Morgan fingerprint density at radius 3 is 2.64 bits per heavy atom. The van der Waals surface area contributed by atoms with Gasteiger partial charge in [0.05, 0.1) is 0 Å². The molecule has 76 valence electrons. The fourth-order valence-electron chi connectivity index (χ4n) is 1.87. The summed E-state index contributed by atoms with van der Waals surface area (Å²) in [4.78, 5) is 0. The summed E-state index contributed by atoms with van der Waals surface area (Å²) in [5, 5.41) is 4.38. The molecule has 0 aromatic heterocycles. The summed E-state index contributed by atoms with van der Waals surface area (Å²) >= 11 is 5.90. The lowest BCUT2D eigenvalue weighted by Crippen LogP contribution is -2.36. The van der Waals surface area contributed by atoms with Crippen LogP contribution < -0.4 is 5.32 Å². The molecule has 14 heavy (non-hydrogen) atoms. The monoisotopic (exact) mass is 209 g/mol. The Balaban J connectivity index is 2.09. The Labute approximate surface area is 90.5 Å². The molecule has 1 saturated carbocycles. The van der Waals surface area contributed by atoms with Gasteiger partial charge in [-0.25, -0.2) is 0 Å². The van der Waals surface area contributed by atoms with Crippen LogP contribution in [0.25, 0.3) is 0 Å². The highest BCUT2D eigenvalue weighted by Crippen LogP contribution is 2.31. The van der Waals surface area contributed by atoms with Gasteiger partial charge in [0.15, 0.2) is 0 Å². The number of rotatable bonds is 2. The van der Waals surface area contributed by atoms with Gasteiger partial charge in [0.1, 0.15) is 0 Å². The fourth-order valence-corrected chi connectivity index (χ4v) is 2.10. The Hall–Kier alpha value is -0.690. The van der Waals surface area contributed by atoms with Gasteiger partial charge >= 0.3 is 0 Å². The van der Waals surface area contributed by atoms with Crippen molar-refractivity contribution < 1.29 is 0 Å². The molecule has 2 heteroatoms. The van der Waals surface area contributed by atoms with E-state index in [4.69, 9.17) is 11.6 Å². The molecule has 0 heterocycles. The van der Waals surface area contributed by atoms with Gasteiger partial charge in [-0.15, -0.1) is 0 Å². The van der Waals surface area contributed by atoms with Crippen molar-refractivity contribution in [3.63, 3.8) is 0 Å². The summed E-state index contributed by atoms with van der Waals surface area (Å²) in [6.45, 7) is 4.39. The molecule has 0 amide bonds. The Kier molecular flexibility index (Phi) is 2.69. The smallest absolute Gasteiger partial charge is 0.0410 e. The molecule has 1 N–H and O–H groups in total. The van der Waals surface area contributed by atoms with Crippen LogP contribution in [0.2, 0.25) is 5.02 Å². The van der Waals surface area contributed by atoms with Crippen molar-refractivity contribution >= 4 is 17.3 Å². The van der Waals surface area contributed by atoms with E-state index >= 15 is 0 Å². The number of halogens is 1. The van der Waals surface area contributed by atoms with Crippen LogP contribution in [0.15, 0.2) is 18.2 Å². The van der Waals surface area contributed by atoms with E-state index in [0.29, 0.717) is 6.04 Å². The van der Waals surface area contributed by atoms with Gasteiger partial charge in [-0.1, -0.05) is 18.5 Å². The predicted octanol–water partition coefficient (Wildman–Crippen LogP) is 3.86. The van der Waals surface area contributed by atoms with Gasteiger partial charge in [-0.05, 0) is 49.4 Å². The Morgan fingerprint density at radius 1 is 1.36 bits per heavy atom. The summed E-state index contributed by atoms with van der Waals surface area (Å²) < 4.78 is 0. The first kappa shape index (κ1) is 9.85. The van der Waals surface area contributed by atoms with Crippen molar-refractivity contribution in [1.29, 1.82) is 0 Å². The van der Waals surface area contributed by atoms with Crippen molar-refractivity contribution in [3.05, 3.63) is 28.8 Å². The van der Waals surface area contributed by atoms with Gasteiger partial charge < -0.3 is 5.32 Å². The molecule has 0 bridgehead atoms. The van der Waals surface area contributed by atoms with Crippen LogP contribution in [0.4, 0.5) is 5.69 Å². The van der Waals surface area contributed by atoms with Crippen LogP contribution in [0.5, 0.6) is 0 Å². The maximum atomic E-state index is 5.90. The zero-order chi connectivity index (χ0) is 10.1. The van der Waals surface area contributed by atoms with Crippen LogP contribution in [0.3, 0.4) is 0 Å². The maximum Gasteiger partial charge on any atom is 0.0410 e. The quantitative estimate of drug-likeness (QED) is 0.780. The first-order chi connectivity index (χ1) is 6.66. The summed E-state index contributed by atoms with van der Waals surface area (Å²) in [6, 6.07) is 6.69. The van der Waals surface area contributed by atoms with Crippen LogP contribution in [0.1, 0.15) is 25.3 Å². The fraction of sp³-hybridized carbons (Fsp3) is 0.500. The van der Waals surface area contributed by atoms with E-state index in [9.17, 15) is 0 Å². The van der Waals surface area contributed by atoms with Crippen molar-refractivity contribution in [2.45, 2.75) is 32.7 Å². The van der Waals surface area contributed by atoms with E-state index in [1.165, 1.54) is 24.1 Å². The molecule has 1 aromatic rings. The van der Waals surface area contributed by atoms with E-state index < -0.39 is 0 Å². The second kappa shape index (κ2) is 3.82. The normalized spacial score (nSPS) is 25.6. The molecular weight excluding hydrogens is 194 g/mol. The molecule has 1 nitrogen and oxygen atoms in total. The van der Waals surface area contributed by atoms with Gasteiger partial charge in [0.2, 0.25) is 0 Å². The molecule has 1 fully saturated rings. The topological polar surface area (TPSA) is 12.0 Å². The maximum absolute atomic E-state index is 5.90. The SMILES string of the molecule is Cc1cc(Cl)ccc1NC1CCC1C. The summed E-state index contributed by atoms with van der Waals surface area (Å²) in [5.41, 5.74) is 2.46. The van der Waals surface area contributed by atoms with E-state index in [-0.39, 0.29) is 0 Å². The number of anilines is 1. The number of hydrogen-bond donors (Lipinski definition) is 1. The highest BCUT2D eigenvalue weighted by Gasteiger charge is 2.26. The minimum Gasteiger partial charge on any atom is -0.382 e. The van der Waals surface area contributed by atoms with Crippen molar-refractivity contribution in [1.82, 2.24) is 0 Å². The molecule has 0 radical (unpaired) electrons. The largest absolute Gasteiger partial charge is 0.382 e. The first-order valence-electron chi connectivity index (χ1n) is 5.19. The number of benzene rings is 1. The Bertz CT molecular complexity index is 335. The molecule has 0 aliphatic heterocycles. The van der Waals surface area contributed by atoms with Crippen LogP contribution >= 0.6 is 11.6 Å². The zero-order valence-electron chi connectivity index (χ0n) is 8.68. The van der Waals surface area contributed by atoms with Crippen LogP contribution in [0, 0.1) is 12.8 Å². The number of hydrogen-bond acceptors (Lipinski definition) is 1. The van der Waals surface area contributed by atoms with E-state index in [2.05, 4.69) is 25.2 Å². The number of aryl methyl sites for hydroxylation is 1. The van der Waals surface area contributed by atoms with E-state index in [1.807, 2.05) is 12.1 Å². The second-order valence-corrected chi connectivity index (χ2v) is 4.70. The molecule has 2 atom stereocenters. The summed E-state index contributed by atoms with van der Waals surface area (Å²) in [6.07, 6.45) is 2.65. The highest BCUT2D eigenvalue weighted by molar-refractivity contribution is 6.30. The van der Waals surface area contributed by atoms with Crippen LogP contribution in [-0.4, -0.2) is 6.04 Å². The molecule has 2 unspecified atom stereocenters. The third-order valence-corrected chi connectivity index (χ3v) is 3.38. The third-order valence-electron chi connectivity index (χ3n) is 3.15. The molecular formula is C12H16ClN. The van der Waals surface area contributed by atoms with Gasteiger partial charge in [-0.2, -0.15) is 0 Å². The minimum atomic E-state index is 0.662. The van der Waals surface area contributed by atoms with Crippen molar-refractivity contribution in [2.75, 3.05) is 5.32 Å². The predicted molar refractivity (Wildman–Crippen MR) is 62.0 cm³/mol. The standard InChI is InChI=1S/C12H16ClN/c1-8-3-5-11(8)14-12-6-4-10(13)7-9(12)2/h4,6-8,11,14H,3,5H2,1-2H3. The summed E-state index contributed by atoms with van der Waals surface area (Å²) in [5.74, 6) is 0.810. The lowest BCUT2D eigenvalue weighted by Gasteiger charge is -2.35. The molecule has 0 saturated heterocycles. The molecule has 1 aromatic carbocycles. The lowest BCUT2D eigenvalue weighted by atomic mass is 9.81. The molecule has 1 aliphatic rings. The number of nitrogens with one attached hydrogen (secondary N) is 1. The molecule has 2 rings (SSSR count). The van der Waals surface area contributed by atoms with Crippen molar-refractivity contribution in [3.8, 4) is 0 Å². The average Bonchev–Trinajstić information content (AvgIpc) is 2.14. The van der Waals surface area contributed by atoms with Gasteiger partial charge in [-0.3, -0.25) is 0 Å². The average molecular weight is 210 g/mol. The third kappa shape index (κ3) is 1.88. The van der Waals surface area contributed by atoms with Crippen LogP contribution in [-0.2, 0) is 0 Å². The first-order valence-corrected chi connectivity index (χ1v) is 5.57. The zero-order valence-corrected chi connectivity index (χ0v) is 9.43. The lowest BCUT2D eigenvalue weighted by molar-refractivity contribution is 0.303. The van der Waals surface area contributed by atoms with E-state index in [1.54, 1.807) is 0 Å². The molecule has 0 spiro atoms. The van der Waals surface area contributed by atoms with Gasteiger partial charge in [0.25, 0.3) is 0 Å². The summed E-state index contributed by atoms with van der Waals surface area (Å²) in [7, 11) is 0.